The van der Waals surface area contributed by atoms with Crippen LogP contribution in [-0.2, 0) is 0 Å². The number of carbonyl (C=O) groups is 1. The smallest absolute Gasteiger partial charge is 0.251 e. The average Bonchev–Trinajstić information content (AvgIpc) is 3.06. The average molecular weight is 299 g/mol. The lowest BCUT2D eigenvalue weighted by molar-refractivity contribution is 0.0891. The predicted octanol–water partition coefficient (Wildman–Crippen LogP) is 2.22. The molecule has 116 valence electrons. The van der Waals surface area contributed by atoms with Gasteiger partial charge in [-0.3, -0.25) is 4.79 Å². The van der Waals surface area contributed by atoms with Gasteiger partial charge in [0.15, 0.2) is 0 Å². The summed E-state index contributed by atoms with van der Waals surface area (Å²) < 4.78 is 1.54. The molecule has 22 heavy (non-hydrogen) atoms. The Labute approximate surface area is 129 Å². The van der Waals surface area contributed by atoms with E-state index in [0.717, 1.165) is 12.1 Å². The molecule has 1 aliphatic carbocycles. The fourth-order valence-electron chi connectivity index (χ4n) is 3.11. The standard InChI is InChI=1S/C16H21N5O/c1-11-5-3-8-15(12(11)2)18-16(22)13-6-4-7-14(9-13)21-10-17-19-20-21/h4,6-7,9-12,15H,3,5,8H2,1-2H3,(H,18,22)/t11-,12-,15+/m1/s1. The summed E-state index contributed by atoms with van der Waals surface area (Å²) in [5, 5.41) is 14.3. The van der Waals surface area contributed by atoms with E-state index in [9.17, 15) is 4.79 Å². The molecule has 3 rings (SSSR count). The number of carbonyl (C=O) groups excluding carboxylic acids is 1. The Morgan fingerprint density at radius 2 is 2.18 bits per heavy atom. The van der Waals surface area contributed by atoms with Crippen molar-refractivity contribution in [1.29, 1.82) is 0 Å². The summed E-state index contributed by atoms with van der Waals surface area (Å²) >= 11 is 0. The van der Waals surface area contributed by atoms with Crippen LogP contribution < -0.4 is 5.32 Å². The SMILES string of the molecule is C[C@@H]1[C@H](C)CCC[C@@H]1NC(=O)c1cccc(-n2cnnn2)c1. The van der Waals surface area contributed by atoms with Crippen LogP contribution in [0.1, 0.15) is 43.5 Å². The van der Waals surface area contributed by atoms with Gasteiger partial charge in [0.2, 0.25) is 0 Å². The number of hydrogen-bond acceptors (Lipinski definition) is 4. The van der Waals surface area contributed by atoms with Gasteiger partial charge in [0.1, 0.15) is 6.33 Å². The Balaban J connectivity index is 1.74. The van der Waals surface area contributed by atoms with Crippen LogP contribution in [0.3, 0.4) is 0 Å². The van der Waals surface area contributed by atoms with Gasteiger partial charge in [-0.1, -0.05) is 32.8 Å². The molecule has 0 spiro atoms. The molecule has 3 atom stereocenters. The first-order chi connectivity index (χ1) is 10.6. The van der Waals surface area contributed by atoms with Crippen LogP contribution in [0.2, 0.25) is 0 Å². The summed E-state index contributed by atoms with van der Waals surface area (Å²) in [5.41, 5.74) is 1.42. The van der Waals surface area contributed by atoms with Crippen LogP contribution in [-0.4, -0.2) is 32.2 Å². The second-order valence-corrected chi connectivity index (χ2v) is 6.15. The molecule has 1 saturated carbocycles. The third-order valence-electron chi connectivity index (χ3n) is 4.75. The molecule has 0 saturated heterocycles. The number of aromatic nitrogens is 4. The highest BCUT2D eigenvalue weighted by molar-refractivity contribution is 5.94. The fourth-order valence-corrected chi connectivity index (χ4v) is 3.11. The van der Waals surface area contributed by atoms with Gasteiger partial charge in [-0.25, -0.2) is 4.68 Å². The summed E-state index contributed by atoms with van der Waals surface area (Å²) in [5.74, 6) is 1.15. The molecular formula is C16H21N5O. The zero-order valence-corrected chi connectivity index (χ0v) is 12.9. The second-order valence-electron chi connectivity index (χ2n) is 6.15. The minimum absolute atomic E-state index is 0.0270. The van der Waals surface area contributed by atoms with E-state index in [1.807, 2.05) is 24.3 Å². The molecule has 1 heterocycles. The van der Waals surface area contributed by atoms with Crippen molar-refractivity contribution >= 4 is 5.91 Å². The van der Waals surface area contributed by atoms with Crippen LogP contribution in [0.15, 0.2) is 30.6 Å². The van der Waals surface area contributed by atoms with Gasteiger partial charge in [0.05, 0.1) is 5.69 Å². The van der Waals surface area contributed by atoms with E-state index in [1.54, 1.807) is 4.68 Å². The lowest BCUT2D eigenvalue weighted by Crippen LogP contribution is -2.43. The van der Waals surface area contributed by atoms with Crippen molar-refractivity contribution in [1.82, 2.24) is 25.5 Å². The van der Waals surface area contributed by atoms with Crippen LogP contribution in [0.25, 0.3) is 5.69 Å². The normalized spacial score (nSPS) is 24.9. The predicted molar refractivity (Wildman–Crippen MR) is 82.6 cm³/mol. The Hall–Kier alpha value is -2.24. The number of nitrogens with zero attached hydrogens (tertiary/aromatic N) is 4. The molecular weight excluding hydrogens is 278 g/mol. The van der Waals surface area contributed by atoms with Gasteiger partial charge in [-0.2, -0.15) is 0 Å². The zero-order chi connectivity index (χ0) is 15.5. The van der Waals surface area contributed by atoms with E-state index in [-0.39, 0.29) is 11.9 Å². The highest BCUT2D eigenvalue weighted by Crippen LogP contribution is 2.29. The molecule has 0 unspecified atom stereocenters. The maximum absolute atomic E-state index is 12.5. The number of nitrogens with one attached hydrogen (secondary N) is 1. The first-order valence-corrected chi connectivity index (χ1v) is 7.79. The van der Waals surface area contributed by atoms with Gasteiger partial charge in [0.25, 0.3) is 5.91 Å². The molecule has 1 fully saturated rings. The van der Waals surface area contributed by atoms with Crippen LogP contribution in [0, 0.1) is 11.8 Å². The van der Waals surface area contributed by atoms with Crippen molar-refractivity contribution < 1.29 is 4.79 Å². The highest BCUT2D eigenvalue weighted by atomic mass is 16.1. The summed E-state index contributed by atoms with van der Waals surface area (Å²) in [6.07, 6.45) is 5.01. The van der Waals surface area contributed by atoms with Gasteiger partial charge < -0.3 is 5.32 Å². The summed E-state index contributed by atoms with van der Waals surface area (Å²) in [6.45, 7) is 4.49. The minimum atomic E-state index is -0.0270. The van der Waals surface area contributed by atoms with E-state index in [2.05, 4.69) is 34.7 Å². The van der Waals surface area contributed by atoms with Crippen molar-refractivity contribution in [2.75, 3.05) is 0 Å². The molecule has 0 aliphatic heterocycles. The van der Waals surface area contributed by atoms with E-state index < -0.39 is 0 Å². The van der Waals surface area contributed by atoms with Crippen LogP contribution >= 0.6 is 0 Å². The summed E-state index contributed by atoms with van der Waals surface area (Å²) in [4.78, 5) is 12.5. The van der Waals surface area contributed by atoms with Crippen LogP contribution in [0.5, 0.6) is 0 Å². The lowest BCUT2D eigenvalue weighted by atomic mass is 9.78. The molecule has 6 nitrogen and oxygen atoms in total. The Morgan fingerprint density at radius 1 is 1.32 bits per heavy atom. The largest absolute Gasteiger partial charge is 0.349 e. The molecule has 1 aromatic heterocycles. The molecule has 2 aromatic rings. The maximum Gasteiger partial charge on any atom is 0.251 e. The minimum Gasteiger partial charge on any atom is -0.349 e. The maximum atomic E-state index is 12.5. The molecule has 6 heteroatoms. The quantitative estimate of drug-likeness (QED) is 0.943. The molecule has 1 aliphatic rings. The fraction of sp³-hybridized carbons (Fsp3) is 0.500. The van der Waals surface area contributed by atoms with Crippen molar-refractivity contribution in [3.63, 3.8) is 0 Å². The molecule has 0 bridgehead atoms. The van der Waals surface area contributed by atoms with Crippen molar-refractivity contribution in [2.24, 2.45) is 11.8 Å². The van der Waals surface area contributed by atoms with E-state index in [0.29, 0.717) is 17.4 Å². The summed E-state index contributed by atoms with van der Waals surface area (Å²) in [6, 6.07) is 7.60. The topological polar surface area (TPSA) is 72.7 Å². The van der Waals surface area contributed by atoms with E-state index >= 15 is 0 Å². The number of benzene rings is 1. The van der Waals surface area contributed by atoms with Crippen molar-refractivity contribution in [2.45, 2.75) is 39.2 Å². The lowest BCUT2D eigenvalue weighted by Gasteiger charge is -2.34. The Morgan fingerprint density at radius 3 is 2.95 bits per heavy atom. The van der Waals surface area contributed by atoms with Gasteiger partial charge in [0, 0.05) is 11.6 Å². The monoisotopic (exact) mass is 299 g/mol. The Bertz CT molecular complexity index is 640. The highest BCUT2D eigenvalue weighted by Gasteiger charge is 2.28. The van der Waals surface area contributed by atoms with Crippen LogP contribution in [0.4, 0.5) is 0 Å². The van der Waals surface area contributed by atoms with Crippen molar-refractivity contribution in [3.05, 3.63) is 36.2 Å². The second kappa shape index (κ2) is 6.25. The molecule has 1 amide bonds. The number of hydrogen-bond donors (Lipinski definition) is 1. The van der Waals surface area contributed by atoms with Crippen molar-refractivity contribution in [3.8, 4) is 5.69 Å². The van der Waals surface area contributed by atoms with E-state index in [1.165, 1.54) is 19.2 Å². The Kier molecular flexibility index (Phi) is 4.18. The first kappa shape index (κ1) is 14.7. The van der Waals surface area contributed by atoms with Gasteiger partial charge in [-0.15, -0.1) is 5.10 Å². The number of rotatable bonds is 3. The van der Waals surface area contributed by atoms with E-state index in [4.69, 9.17) is 0 Å². The first-order valence-electron chi connectivity index (χ1n) is 7.79. The molecule has 1 N–H and O–H groups in total. The third kappa shape index (κ3) is 3.00. The third-order valence-corrected chi connectivity index (χ3v) is 4.75. The zero-order valence-electron chi connectivity index (χ0n) is 12.9. The summed E-state index contributed by atoms with van der Waals surface area (Å²) in [7, 11) is 0. The van der Waals surface area contributed by atoms with Gasteiger partial charge >= 0.3 is 0 Å². The molecule has 1 aromatic carbocycles. The molecule has 0 radical (unpaired) electrons. The number of amides is 1. The number of tetrazole rings is 1. The van der Waals surface area contributed by atoms with Gasteiger partial charge in [-0.05, 0) is 46.9 Å².